The van der Waals surface area contributed by atoms with E-state index in [1.165, 1.54) is 0 Å². The van der Waals surface area contributed by atoms with Crippen molar-refractivity contribution < 1.29 is 23.9 Å². The van der Waals surface area contributed by atoms with Gasteiger partial charge in [-0.1, -0.05) is 51.1 Å². The summed E-state index contributed by atoms with van der Waals surface area (Å²) in [5.74, 6) is 1.57. The lowest BCUT2D eigenvalue weighted by Gasteiger charge is -2.42. The number of tetrazole rings is 1. The van der Waals surface area contributed by atoms with E-state index in [0.717, 1.165) is 17.7 Å². The number of ether oxygens (including phenoxy) is 1. The van der Waals surface area contributed by atoms with Crippen molar-refractivity contribution >= 4 is 20.3 Å². The number of piperidine rings is 1. The van der Waals surface area contributed by atoms with E-state index in [4.69, 9.17) is 9.16 Å². The van der Waals surface area contributed by atoms with Gasteiger partial charge in [0.1, 0.15) is 18.7 Å². The van der Waals surface area contributed by atoms with Gasteiger partial charge in [-0.05, 0) is 77.7 Å². The minimum atomic E-state index is -2.23. The lowest BCUT2D eigenvalue weighted by Crippen LogP contribution is -2.54. The van der Waals surface area contributed by atoms with Crippen LogP contribution in [-0.2, 0) is 10.8 Å². The van der Waals surface area contributed by atoms with E-state index in [-0.39, 0.29) is 41.8 Å². The number of hydrogen-bond acceptors (Lipinski definition) is 7. The van der Waals surface area contributed by atoms with Crippen LogP contribution in [0.5, 0.6) is 5.75 Å². The molecule has 11 nitrogen and oxygen atoms in total. The van der Waals surface area contributed by atoms with Gasteiger partial charge < -0.3 is 19.2 Å². The van der Waals surface area contributed by atoms with Gasteiger partial charge in [-0.3, -0.25) is 9.69 Å². The Hall–Kier alpha value is -3.77. The Kier molecular flexibility index (Phi) is 8.46. The van der Waals surface area contributed by atoms with Gasteiger partial charge in [0.05, 0.1) is 18.2 Å². The van der Waals surface area contributed by atoms with Gasteiger partial charge >= 0.3 is 6.09 Å². The third kappa shape index (κ3) is 6.48. The molecule has 2 aromatic carbocycles. The highest BCUT2D eigenvalue weighted by Gasteiger charge is 2.58. The number of carboxylic acid groups (broad SMARTS) is 1. The zero-order chi connectivity index (χ0) is 31.9. The molecule has 0 bridgehead atoms. The molecule has 1 aliphatic carbocycles. The van der Waals surface area contributed by atoms with Crippen LogP contribution in [0.4, 0.5) is 4.79 Å². The van der Waals surface area contributed by atoms with E-state index >= 15 is 0 Å². The summed E-state index contributed by atoms with van der Waals surface area (Å²) in [4.78, 5) is 29.5. The summed E-state index contributed by atoms with van der Waals surface area (Å²) in [6.07, 6.45) is 2.33. The first-order valence-corrected chi connectivity index (χ1v) is 18.8. The molecule has 12 heteroatoms. The molecule has 3 heterocycles. The van der Waals surface area contributed by atoms with Crippen molar-refractivity contribution in [3.05, 3.63) is 72.1 Å². The van der Waals surface area contributed by atoms with Crippen molar-refractivity contribution in [1.82, 2.24) is 30.0 Å². The second-order valence-electron chi connectivity index (χ2n) is 14.2. The molecule has 0 spiro atoms. The van der Waals surface area contributed by atoms with Gasteiger partial charge in [-0.15, -0.1) is 5.10 Å². The summed E-state index contributed by atoms with van der Waals surface area (Å²) in [6.45, 7) is 12.7. The Morgan fingerprint density at radius 2 is 1.71 bits per heavy atom. The minimum absolute atomic E-state index is 0.0290. The van der Waals surface area contributed by atoms with Crippen molar-refractivity contribution in [3.63, 3.8) is 0 Å². The Labute approximate surface area is 265 Å². The van der Waals surface area contributed by atoms with Crippen molar-refractivity contribution in [1.29, 1.82) is 0 Å². The van der Waals surface area contributed by atoms with Crippen LogP contribution in [0.1, 0.15) is 55.6 Å². The van der Waals surface area contributed by atoms with Crippen LogP contribution < -0.4 is 4.74 Å². The second-order valence-corrected chi connectivity index (χ2v) is 19.0. The van der Waals surface area contributed by atoms with E-state index in [1.807, 2.05) is 59.5 Å². The normalized spacial score (nSPS) is 25.2. The van der Waals surface area contributed by atoms with Crippen LogP contribution in [0.25, 0.3) is 0 Å². The fraction of sp³-hybridized carbons (Fsp3) is 0.545. The van der Waals surface area contributed by atoms with Crippen molar-refractivity contribution in [3.8, 4) is 5.75 Å². The van der Waals surface area contributed by atoms with Crippen LogP contribution in [0.3, 0.4) is 0 Å². The molecule has 6 atom stereocenters. The molecule has 3 aromatic rings. The third-order valence-electron chi connectivity index (χ3n) is 10.4. The van der Waals surface area contributed by atoms with Crippen molar-refractivity contribution in [2.24, 2.45) is 11.8 Å². The number of hydrogen-bond donors (Lipinski definition) is 1. The Bertz CT molecular complexity index is 1470. The molecule has 6 rings (SSSR count). The molecule has 2 aliphatic heterocycles. The quantitative estimate of drug-likeness (QED) is 0.305. The van der Waals surface area contributed by atoms with E-state index < -0.39 is 14.4 Å². The fourth-order valence-electron chi connectivity index (χ4n) is 6.85. The lowest BCUT2D eigenvalue weighted by molar-refractivity contribution is 0.0341. The van der Waals surface area contributed by atoms with Gasteiger partial charge in [0.15, 0.2) is 8.32 Å². The fourth-order valence-corrected chi connectivity index (χ4v) is 8.18. The molecular weight excluding hydrogens is 588 g/mol. The summed E-state index contributed by atoms with van der Waals surface area (Å²) in [5, 5.41) is 21.9. The Morgan fingerprint density at radius 3 is 2.31 bits per heavy atom. The molecule has 0 unspecified atom stereocenters. The zero-order valence-corrected chi connectivity index (χ0v) is 27.7. The standard InChI is InChI=1S/C33H44N6O5Si/c1-33(2,3)45(4,5)44-29(20-43-25-9-7-6-8-10-25)28-16-15-24(39(28)32(41)42)17-22-11-13-23(14-12-22)31(40)37-18-26-27(19-37)30(26)38-21-34-35-36-38/h6-14,21,24,26-30H,15-20H2,1-5H3,(H,41,42)/t24-,26-,27+,28+,29+,30+/m0/s1. The molecule has 1 aromatic heterocycles. The molecule has 1 N–H and O–H groups in total. The molecule has 45 heavy (non-hydrogen) atoms. The predicted octanol–water partition coefficient (Wildman–Crippen LogP) is 5.14. The highest BCUT2D eigenvalue weighted by molar-refractivity contribution is 6.74. The maximum atomic E-state index is 13.2. The number of carbonyl (C=O) groups excluding carboxylic acids is 1. The summed E-state index contributed by atoms with van der Waals surface area (Å²) in [5.41, 5.74) is 1.66. The molecular formula is C33H44N6O5Si. The number of likely N-dealkylation sites (tertiary alicyclic amines) is 2. The second kappa shape index (κ2) is 12.2. The SMILES string of the molecule is CC(C)(C)[Si](C)(C)O[C@H](COc1ccccc1)[C@H]1CC[C@@H](Cc2ccc(C(=O)N3C[C@@H]4[C@H](C3)[C@H]4n3cnnn3)cc2)N1C(=O)O. The topological polar surface area (TPSA) is 123 Å². The predicted molar refractivity (Wildman–Crippen MR) is 171 cm³/mol. The highest BCUT2D eigenvalue weighted by atomic mass is 28.4. The van der Waals surface area contributed by atoms with Crippen molar-refractivity contribution in [2.45, 2.75) is 82.4 Å². The molecule has 3 aliphatic rings. The van der Waals surface area contributed by atoms with Crippen LogP contribution in [0, 0.1) is 11.8 Å². The first-order chi connectivity index (χ1) is 21.4. The van der Waals surface area contributed by atoms with Gasteiger partial charge in [0.25, 0.3) is 5.91 Å². The lowest BCUT2D eigenvalue weighted by atomic mass is 10.0. The van der Waals surface area contributed by atoms with Crippen LogP contribution in [0.2, 0.25) is 18.1 Å². The van der Waals surface area contributed by atoms with E-state index in [2.05, 4.69) is 49.4 Å². The average Bonchev–Trinajstić information content (AvgIpc) is 3.49. The smallest absolute Gasteiger partial charge is 0.407 e. The van der Waals surface area contributed by atoms with E-state index in [9.17, 15) is 14.7 Å². The summed E-state index contributed by atoms with van der Waals surface area (Å²) in [6, 6.07) is 17.1. The number of rotatable bonds is 10. The van der Waals surface area contributed by atoms with Gasteiger partial charge in [-0.25, -0.2) is 9.48 Å². The monoisotopic (exact) mass is 632 g/mol. The molecule has 0 radical (unpaired) electrons. The molecule has 1 saturated carbocycles. The van der Waals surface area contributed by atoms with Gasteiger partial charge in [0, 0.05) is 36.5 Å². The average molecular weight is 633 g/mol. The third-order valence-corrected chi connectivity index (χ3v) is 14.9. The van der Waals surface area contributed by atoms with Gasteiger partial charge in [-0.2, -0.15) is 0 Å². The van der Waals surface area contributed by atoms with E-state index in [0.29, 0.717) is 43.3 Å². The minimum Gasteiger partial charge on any atom is -0.491 e. The summed E-state index contributed by atoms with van der Waals surface area (Å²) in [7, 11) is -2.23. The molecule has 3 fully saturated rings. The number of amides is 2. The number of nitrogens with zero attached hydrogens (tertiary/aromatic N) is 6. The number of benzene rings is 2. The number of carbonyl (C=O) groups is 2. The van der Waals surface area contributed by atoms with Crippen LogP contribution in [0.15, 0.2) is 60.9 Å². The summed E-state index contributed by atoms with van der Waals surface area (Å²) >= 11 is 0. The maximum absolute atomic E-state index is 13.2. The maximum Gasteiger partial charge on any atom is 0.407 e. The van der Waals surface area contributed by atoms with Crippen LogP contribution >= 0.6 is 0 Å². The van der Waals surface area contributed by atoms with E-state index in [1.54, 1.807) is 15.9 Å². The number of aromatic nitrogens is 4. The number of para-hydroxylation sites is 1. The molecule has 240 valence electrons. The highest BCUT2D eigenvalue weighted by Crippen LogP contribution is 2.54. The Morgan fingerprint density at radius 1 is 1.02 bits per heavy atom. The first kappa shape index (κ1) is 31.2. The Balaban J connectivity index is 1.11. The molecule has 2 saturated heterocycles. The largest absolute Gasteiger partial charge is 0.491 e. The molecule has 2 amide bonds. The first-order valence-electron chi connectivity index (χ1n) is 15.9. The number of fused-ring (bicyclic) bond motifs is 1. The van der Waals surface area contributed by atoms with Crippen LogP contribution in [-0.4, -0.2) is 93.3 Å². The zero-order valence-electron chi connectivity index (χ0n) is 26.7. The van der Waals surface area contributed by atoms with Gasteiger partial charge in [0.2, 0.25) is 0 Å². The van der Waals surface area contributed by atoms with Crippen molar-refractivity contribution in [2.75, 3.05) is 19.7 Å². The summed E-state index contributed by atoms with van der Waals surface area (Å²) < 4.78 is 14.8.